The van der Waals surface area contributed by atoms with Crippen molar-refractivity contribution in [2.45, 2.75) is 58.3 Å². The van der Waals surface area contributed by atoms with Gasteiger partial charge in [0.1, 0.15) is 0 Å². The van der Waals surface area contributed by atoms with Crippen molar-refractivity contribution < 1.29 is 14.3 Å². The first-order chi connectivity index (χ1) is 13.8. The van der Waals surface area contributed by atoms with Crippen LogP contribution in [0, 0.1) is 27.7 Å². The summed E-state index contributed by atoms with van der Waals surface area (Å²) in [6.45, 7) is 9.51. The van der Waals surface area contributed by atoms with E-state index in [0.717, 1.165) is 53.7 Å². The zero-order valence-electron chi connectivity index (χ0n) is 17.4. The maximum Gasteiger partial charge on any atom is 0.325 e. The lowest BCUT2D eigenvalue weighted by Crippen LogP contribution is -2.35. The van der Waals surface area contributed by atoms with Gasteiger partial charge in [-0.25, -0.2) is 9.78 Å². The largest absolute Gasteiger partial charge is 0.376 e. The molecule has 2 N–H and O–H groups in total. The Kier molecular flexibility index (Phi) is 6.97. The van der Waals surface area contributed by atoms with E-state index in [1.54, 1.807) is 0 Å². The molecule has 156 valence electrons. The van der Waals surface area contributed by atoms with Crippen LogP contribution in [0.1, 0.15) is 35.4 Å². The lowest BCUT2D eigenvalue weighted by Gasteiger charge is -2.14. The minimum atomic E-state index is -0.533. The summed E-state index contributed by atoms with van der Waals surface area (Å²) in [6, 6.07) is 5.09. The van der Waals surface area contributed by atoms with Crippen molar-refractivity contribution in [1.29, 1.82) is 0 Å². The average Bonchev–Trinajstić information content (AvgIpc) is 3.27. The highest BCUT2D eigenvalue weighted by molar-refractivity contribution is 7.99. The van der Waals surface area contributed by atoms with Crippen LogP contribution in [0.2, 0.25) is 0 Å². The fraction of sp³-hybridized carbons (Fsp3) is 0.476. The number of benzene rings is 1. The number of hydrogen-bond acceptors (Lipinski definition) is 5. The number of imidazole rings is 1. The predicted molar refractivity (Wildman–Crippen MR) is 114 cm³/mol. The molecule has 0 saturated carbocycles. The summed E-state index contributed by atoms with van der Waals surface area (Å²) < 4.78 is 7.85. The Labute approximate surface area is 175 Å². The Morgan fingerprint density at radius 3 is 2.72 bits per heavy atom. The van der Waals surface area contributed by atoms with Gasteiger partial charge < -0.3 is 14.6 Å². The normalized spacial score (nSPS) is 16.1. The number of hydrogen-bond donors (Lipinski definition) is 2. The van der Waals surface area contributed by atoms with Crippen molar-refractivity contribution in [3.63, 3.8) is 0 Å². The van der Waals surface area contributed by atoms with Crippen molar-refractivity contribution in [2.24, 2.45) is 0 Å². The van der Waals surface area contributed by atoms with Gasteiger partial charge in [-0.05, 0) is 63.8 Å². The quantitative estimate of drug-likeness (QED) is 0.701. The first-order valence-electron chi connectivity index (χ1n) is 9.79. The van der Waals surface area contributed by atoms with E-state index in [1.807, 2.05) is 45.9 Å². The topological polar surface area (TPSA) is 85.3 Å². The zero-order valence-corrected chi connectivity index (χ0v) is 18.2. The highest BCUT2D eigenvalue weighted by Crippen LogP contribution is 2.24. The Hall–Kier alpha value is -2.32. The minimum absolute atomic E-state index is 0.113. The van der Waals surface area contributed by atoms with Crippen molar-refractivity contribution in [3.8, 4) is 0 Å². The highest BCUT2D eigenvalue weighted by atomic mass is 32.2. The second-order valence-corrected chi connectivity index (χ2v) is 8.34. The first-order valence-corrected chi connectivity index (χ1v) is 10.8. The molecule has 1 aliphatic heterocycles. The molecule has 1 unspecified atom stereocenters. The number of rotatable bonds is 6. The van der Waals surface area contributed by atoms with Crippen molar-refractivity contribution in [3.05, 3.63) is 40.7 Å². The third-order valence-corrected chi connectivity index (χ3v) is 6.16. The molecule has 0 aliphatic carbocycles. The van der Waals surface area contributed by atoms with E-state index in [-0.39, 0.29) is 17.8 Å². The third-order valence-electron chi connectivity index (χ3n) is 5.18. The standard InChI is InChI=1S/C21H28N4O3S/c1-13-7-8-17(10-14(13)2)23-20(27)24-19(26)12-29-21-22-15(3)16(4)25(21)11-18-6-5-9-28-18/h7-8,10,18H,5-6,9,11-12H2,1-4H3,(H2,23,24,26,27). The molecular formula is C21H28N4O3S. The molecule has 1 aliphatic rings. The number of carbonyl (C=O) groups excluding carboxylic acids is 2. The summed E-state index contributed by atoms with van der Waals surface area (Å²) in [5, 5.41) is 5.85. The third kappa shape index (κ3) is 5.61. The maximum absolute atomic E-state index is 12.2. The number of carbonyl (C=O) groups is 2. The first kappa shape index (κ1) is 21.4. The molecule has 0 radical (unpaired) electrons. The second kappa shape index (κ2) is 9.45. The average molecular weight is 417 g/mol. The van der Waals surface area contributed by atoms with Crippen molar-refractivity contribution in [1.82, 2.24) is 14.9 Å². The van der Waals surface area contributed by atoms with E-state index in [1.165, 1.54) is 11.8 Å². The van der Waals surface area contributed by atoms with E-state index >= 15 is 0 Å². The molecule has 1 aromatic heterocycles. The van der Waals surface area contributed by atoms with E-state index in [4.69, 9.17) is 4.74 Å². The van der Waals surface area contributed by atoms with Crippen LogP contribution in [-0.4, -0.2) is 40.0 Å². The number of aryl methyl sites for hydroxylation is 3. The van der Waals surface area contributed by atoms with Crippen LogP contribution >= 0.6 is 11.8 Å². The smallest absolute Gasteiger partial charge is 0.325 e. The van der Waals surface area contributed by atoms with Crippen LogP contribution in [0.25, 0.3) is 0 Å². The van der Waals surface area contributed by atoms with Crippen LogP contribution in [-0.2, 0) is 16.1 Å². The number of nitrogens with one attached hydrogen (secondary N) is 2. The Morgan fingerprint density at radius 1 is 1.24 bits per heavy atom. The van der Waals surface area contributed by atoms with Crippen molar-refractivity contribution >= 4 is 29.4 Å². The molecule has 29 heavy (non-hydrogen) atoms. The van der Waals surface area contributed by atoms with E-state index in [2.05, 4.69) is 20.2 Å². The lowest BCUT2D eigenvalue weighted by molar-refractivity contribution is -0.117. The SMILES string of the molecule is Cc1ccc(NC(=O)NC(=O)CSc2nc(C)c(C)n2CC2CCCO2)cc1C. The zero-order chi connectivity index (χ0) is 21.0. The number of ether oxygens (including phenoxy) is 1. The molecule has 8 heteroatoms. The molecule has 1 fully saturated rings. The van der Waals surface area contributed by atoms with Crippen LogP contribution in [0.3, 0.4) is 0 Å². The number of anilines is 1. The van der Waals surface area contributed by atoms with Crippen molar-refractivity contribution in [2.75, 3.05) is 17.7 Å². The summed E-state index contributed by atoms with van der Waals surface area (Å²) in [5.41, 5.74) is 4.90. The molecule has 2 aromatic rings. The van der Waals surface area contributed by atoms with Gasteiger partial charge in [0.15, 0.2) is 5.16 Å². The molecule has 3 amide bonds. The predicted octanol–water partition coefficient (Wildman–Crippen LogP) is 3.74. The number of thioether (sulfide) groups is 1. The Balaban J connectivity index is 1.54. The van der Waals surface area contributed by atoms with Crippen LogP contribution in [0.5, 0.6) is 0 Å². The minimum Gasteiger partial charge on any atom is -0.376 e. The molecule has 1 aromatic carbocycles. The number of urea groups is 1. The maximum atomic E-state index is 12.2. The molecule has 0 spiro atoms. The fourth-order valence-corrected chi connectivity index (χ4v) is 4.12. The summed E-state index contributed by atoms with van der Waals surface area (Å²) in [5.74, 6) is -0.250. The molecule has 7 nitrogen and oxygen atoms in total. The van der Waals surface area contributed by atoms with Gasteiger partial charge in [-0.2, -0.15) is 0 Å². The van der Waals surface area contributed by atoms with Gasteiger partial charge in [-0.15, -0.1) is 0 Å². The number of amides is 3. The van der Waals surface area contributed by atoms with Gasteiger partial charge in [0.25, 0.3) is 0 Å². The highest BCUT2D eigenvalue weighted by Gasteiger charge is 2.21. The summed E-state index contributed by atoms with van der Waals surface area (Å²) in [4.78, 5) is 28.9. The molecule has 1 saturated heterocycles. The Morgan fingerprint density at radius 2 is 2.03 bits per heavy atom. The van der Waals surface area contributed by atoms with Gasteiger partial charge in [0, 0.05) is 18.0 Å². The molecular weight excluding hydrogens is 388 g/mol. The van der Waals surface area contributed by atoms with Gasteiger partial charge in [0.2, 0.25) is 5.91 Å². The van der Waals surface area contributed by atoms with Gasteiger partial charge in [-0.1, -0.05) is 17.8 Å². The molecule has 0 bridgehead atoms. The number of nitrogens with zero attached hydrogens (tertiary/aromatic N) is 2. The van der Waals surface area contributed by atoms with Crippen LogP contribution < -0.4 is 10.6 Å². The molecule has 1 atom stereocenters. The molecule has 2 heterocycles. The van der Waals surface area contributed by atoms with Crippen LogP contribution in [0.15, 0.2) is 23.4 Å². The Bertz CT molecular complexity index is 904. The monoisotopic (exact) mass is 416 g/mol. The summed E-state index contributed by atoms with van der Waals surface area (Å²) in [7, 11) is 0. The van der Waals surface area contributed by atoms with E-state index in [9.17, 15) is 9.59 Å². The number of imide groups is 1. The van der Waals surface area contributed by atoms with Gasteiger partial charge in [0.05, 0.1) is 24.1 Å². The van der Waals surface area contributed by atoms with E-state index in [0.29, 0.717) is 5.69 Å². The second-order valence-electron chi connectivity index (χ2n) is 7.40. The lowest BCUT2D eigenvalue weighted by atomic mass is 10.1. The molecule has 3 rings (SSSR count). The van der Waals surface area contributed by atoms with Crippen LogP contribution in [0.4, 0.5) is 10.5 Å². The number of aromatic nitrogens is 2. The van der Waals surface area contributed by atoms with Gasteiger partial charge in [-0.3, -0.25) is 10.1 Å². The fourth-order valence-electron chi connectivity index (χ4n) is 3.22. The summed E-state index contributed by atoms with van der Waals surface area (Å²) >= 11 is 1.33. The summed E-state index contributed by atoms with van der Waals surface area (Å²) in [6.07, 6.45) is 2.32. The van der Waals surface area contributed by atoms with Gasteiger partial charge >= 0.3 is 6.03 Å². The van der Waals surface area contributed by atoms with E-state index < -0.39 is 6.03 Å².